The van der Waals surface area contributed by atoms with Gasteiger partial charge in [-0.3, -0.25) is 14.9 Å². The van der Waals surface area contributed by atoms with E-state index < -0.39 is 16.8 Å². The largest absolute Gasteiger partial charge is 0.462 e. The van der Waals surface area contributed by atoms with Crippen LogP contribution < -0.4 is 5.32 Å². The van der Waals surface area contributed by atoms with Crippen molar-refractivity contribution < 1.29 is 24.0 Å². The lowest BCUT2D eigenvalue weighted by Gasteiger charge is -2.10. The van der Waals surface area contributed by atoms with Crippen LogP contribution in [0.4, 0.5) is 11.4 Å². The van der Waals surface area contributed by atoms with Gasteiger partial charge in [-0.05, 0) is 13.0 Å². The first-order chi connectivity index (χ1) is 9.51. The predicted molar refractivity (Wildman–Crippen MR) is 69.6 cm³/mol. The van der Waals surface area contributed by atoms with E-state index in [4.69, 9.17) is 4.74 Å². The van der Waals surface area contributed by atoms with Crippen LogP contribution in [0, 0.1) is 10.1 Å². The zero-order valence-electron chi connectivity index (χ0n) is 11.0. The summed E-state index contributed by atoms with van der Waals surface area (Å²) >= 11 is 0. The quantitative estimate of drug-likeness (QED) is 0.479. The molecule has 0 aliphatic heterocycles. The normalized spacial score (nSPS) is 9.90. The summed E-state index contributed by atoms with van der Waals surface area (Å²) in [5.41, 5.74) is -0.663. The van der Waals surface area contributed by atoms with E-state index in [1.54, 1.807) is 6.92 Å². The van der Waals surface area contributed by atoms with E-state index in [1.807, 2.05) is 0 Å². The Morgan fingerprint density at radius 2 is 2.10 bits per heavy atom. The number of rotatable bonds is 6. The van der Waals surface area contributed by atoms with E-state index in [1.165, 1.54) is 25.3 Å². The molecule has 0 saturated carbocycles. The molecule has 0 aromatic heterocycles. The maximum Gasteiger partial charge on any atom is 0.340 e. The first kappa shape index (κ1) is 15.6. The van der Waals surface area contributed by atoms with Crippen molar-refractivity contribution in [3.63, 3.8) is 0 Å². The molecular formula is C12H14N2O6. The molecule has 20 heavy (non-hydrogen) atoms. The van der Waals surface area contributed by atoms with Gasteiger partial charge in [0.15, 0.2) is 0 Å². The molecule has 1 aromatic rings. The number of nitro groups is 1. The SMILES string of the molecule is CCOC(=O)c1cccc([N+](=O)[O-])c1NC(=O)COC. The lowest BCUT2D eigenvalue weighted by atomic mass is 10.1. The smallest absolute Gasteiger partial charge is 0.340 e. The molecule has 1 rings (SSSR count). The molecule has 1 amide bonds. The van der Waals surface area contributed by atoms with Crippen molar-refractivity contribution in [3.05, 3.63) is 33.9 Å². The summed E-state index contributed by atoms with van der Waals surface area (Å²) in [5.74, 6) is -1.35. The molecule has 0 spiro atoms. The summed E-state index contributed by atoms with van der Waals surface area (Å²) in [5, 5.41) is 13.3. The molecule has 0 fully saturated rings. The van der Waals surface area contributed by atoms with E-state index in [0.717, 1.165) is 0 Å². The van der Waals surface area contributed by atoms with Crippen molar-refractivity contribution in [3.8, 4) is 0 Å². The molecule has 8 heteroatoms. The third-order valence-electron chi connectivity index (χ3n) is 2.27. The molecule has 1 aromatic carbocycles. The minimum atomic E-state index is -0.746. The Balaban J connectivity index is 3.22. The average Bonchev–Trinajstić information content (AvgIpc) is 2.39. The van der Waals surface area contributed by atoms with Crippen LogP contribution in [-0.4, -0.2) is 37.1 Å². The minimum absolute atomic E-state index is 0.0782. The molecule has 0 unspecified atom stereocenters. The number of para-hydroxylation sites is 1. The molecule has 0 atom stereocenters. The molecule has 0 aliphatic carbocycles. The fourth-order valence-corrected chi connectivity index (χ4v) is 1.51. The molecule has 0 saturated heterocycles. The summed E-state index contributed by atoms with van der Waals surface area (Å²) in [6.07, 6.45) is 0. The number of anilines is 1. The van der Waals surface area contributed by atoms with E-state index in [2.05, 4.69) is 10.1 Å². The summed E-state index contributed by atoms with van der Waals surface area (Å²) in [4.78, 5) is 33.5. The second kappa shape index (κ2) is 7.19. The van der Waals surface area contributed by atoms with Gasteiger partial charge in [0.25, 0.3) is 11.6 Å². The Bertz CT molecular complexity index is 529. The third-order valence-corrected chi connectivity index (χ3v) is 2.27. The average molecular weight is 282 g/mol. The number of hydrogen-bond donors (Lipinski definition) is 1. The number of nitro benzene ring substituents is 1. The number of amides is 1. The van der Waals surface area contributed by atoms with E-state index >= 15 is 0 Å². The Hall–Kier alpha value is -2.48. The van der Waals surface area contributed by atoms with Gasteiger partial charge in [-0.1, -0.05) is 6.07 Å². The minimum Gasteiger partial charge on any atom is -0.462 e. The first-order valence-electron chi connectivity index (χ1n) is 5.74. The highest BCUT2D eigenvalue weighted by molar-refractivity contribution is 6.04. The standard InChI is InChI=1S/C12H14N2O6/c1-3-20-12(16)8-5-4-6-9(14(17)18)11(8)13-10(15)7-19-2/h4-6H,3,7H2,1-2H3,(H,13,15). The Labute approximate surface area is 114 Å². The highest BCUT2D eigenvalue weighted by Gasteiger charge is 2.23. The van der Waals surface area contributed by atoms with Crippen LogP contribution in [-0.2, 0) is 14.3 Å². The molecule has 0 radical (unpaired) electrons. The number of ether oxygens (including phenoxy) is 2. The van der Waals surface area contributed by atoms with Gasteiger partial charge in [-0.2, -0.15) is 0 Å². The van der Waals surface area contributed by atoms with Gasteiger partial charge in [-0.25, -0.2) is 4.79 Å². The predicted octanol–water partition coefficient (Wildman–Crippen LogP) is 1.36. The fourth-order valence-electron chi connectivity index (χ4n) is 1.51. The summed E-state index contributed by atoms with van der Waals surface area (Å²) < 4.78 is 9.43. The number of esters is 1. The maximum atomic E-state index is 11.8. The van der Waals surface area contributed by atoms with Gasteiger partial charge in [0.05, 0.1) is 17.1 Å². The lowest BCUT2D eigenvalue weighted by molar-refractivity contribution is -0.384. The monoisotopic (exact) mass is 282 g/mol. The summed E-state index contributed by atoms with van der Waals surface area (Å²) in [6.45, 7) is 1.44. The highest BCUT2D eigenvalue weighted by Crippen LogP contribution is 2.28. The molecule has 0 heterocycles. The second-order valence-corrected chi connectivity index (χ2v) is 3.66. The Kier molecular flexibility index (Phi) is 5.60. The maximum absolute atomic E-state index is 11.8. The van der Waals surface area contributed by atoms with Crippen molar-refractivity contribution >= 4 is 23.3 Å². The van der Waals surface area contributed by atoms with Gasteiger partial charge < -0.3 is 14.8 Å². The molecular weight excluding hydrogens is 268 g/mol. The van der Waals surface area contributed by atoms with Crippen molar-refractivity contribution in [2.45, 2.75) is 6.92 Å². The highest BCUT2D eigenvalue weighted by atomic mass is 16.6. The lowest BCUT2D eigenvalue weighted by Crippen LogP contribution is -2.20. The van der Waals surface area contributed by atoms with Gasteiger partial charge in [-0.15, -0.1) is 0 Å². The van der Waals surface area contributed by atoms with E-state index in [-0.39, 0.29) is 30.2 Å². The van der Waals surface area contributed by atoms with Crippen molar-refractivity contribution in [2.24, 2.45) is 0 Å². The van der Waals surface area contributed by atoms with Crippen LogP contribution in [0.25, 0.3) is 0 Å². The van der Waals surface area contributed by atoms with E-state index in [0.29, 0.717) is 0 Å². The molecule has 1 N–H and O–H groups in total. The van der Waals surface area contributed by atoms with E-state index in [9.17, 15) is 19.7 Å². The van der Waals surface area contributed by atoms with Crippen LogP contribution in [0.1, 0.15) is 17.3 Å². The zero-order valence-corrected chi connectivity index (χ0v) is 11.0. The number of carbonyl (C=O) groups is 2. The summed E-state index contributed by atoms with van der Waals surface area (Å²) in [6, 6.07) is 3.87. The topological polar surface area (TPSA) is 108 Å². The Morgan fingerprint density at radius 1 is 1.40 bits per heavy atom. The summed E-state index contributed by atoms with van der Waals surface area (Å²) in [7, 11) is 1.31. The third kappa shape index (κ3) is 3.75. The van der Waals surface area contributed by atoms with Crippen LogP contribution in [0.2, 0.25) is 0 Å². The van der Waals surface area contributed by atoms with Crippen molar-refractivity contribution in [1.82, 2.24) is 0 Å². The van der Waals surface area contributed by atoms with Gasteiger partial charge in [0.1, 0.15) is 12.3 Å². The van der Waals surface area contributed by atoms with Crippen LogP contribution >= 0.6 is 0 Å². The number of hydrogen-bond acceptors (Lipinski definition) is 6. The van der Waals surface area contributed by atoms with Crippen LogP contribution in [0.3, 0.4) is 0 Å². The molecule has 0 bridgehead atoms. The number of methoxy groups -OCH3 is 1. The van der Waals surface area contributed by atoms with Gasteiger partial charge in [0, 0.05) is 13.2 Å². The molecule has 0 aliphatic rings. The molecule has 8 nitrogen and oxygen atoms in total. The molecule has 108 valence electrons. The zero-order chi connectivity index (χ0) is 15.1. The number of nitrogens with one attached hydrogen (secondary N) is 1. The number of carbonyl (C=O) groups excluding carboxylic acids is 2. The second-order valence-electron chi connectivity index (χ2n) is 3.66. The van der Waals surface area contributed by atoms with Crippen LogP contribution in [0.15, 0.2) is 18.2 Å². The number of nitrogens with zero attached hydrogens (tertiary/aromatic N) is 1. The van der Waals surface area contributed by atoms with Crippen molar-refractivity contribution in [1.29, 1.82) is 0 Å². The first-order valence-corrected chi connectivity index (χ1v) is 5.74. The Morgan fingerprint density at radius 3 is 2.65 bits per heavy atom. The van der Waals surface area contributed by atoms with Crippen LogP contribution in [0.5, 0.6) is 0 Å². The fraction of sp³-hybridized carbons (Fsp3) is 0.333. The number of benzene rings is 1. The van der Waals surface area contributed by atoms with Gasteiger partial charge in [0.2, 0.25) is 0 Å². The van der Waals surface area contributed by atoms with Gasteiger partial charge >= 0.3 is 5.97 Å². The van der Waals surface area contributed by atoms with Crippen molar-refractivity contribution in [2.75, 3.05) is 25.6 Å².